The number of ether oxygens (including phenoxy) is 3. The minimum Gasteiger partial charge on any atom is -0.507 e. The third-order valence-electron chi connectivity index (χ3n) is 8.76. The predicted octanol–water partition coefficient (Wildman–Crippen LogP) is 4.27. The number of allylic oxidation sites excluding steroid dienone is 1. The van der Waals surface area contributed by atoms with E-state index in [-0.39, 0.29) is 35.9 Å². The first-order chi connectivity index (χ1) is 23.4. The molecule has 12 nitrogen and oxygen atoms in total. The van der Waals surface area contributed by atoms with Crippen LogP contribution in [0.4, 0.5) is 4.79 Å². The molecule has 0 aliphatic carbocycles. The number of thioether (sulfide) groups is 1. The number of carbonyl (C=O) groups is 4. The van der Waals surface area contributed by atoms with Gasteiger partial charge in [-0.15, -0.1) is 11.8 Å². The van der Waals surface area contributed by atoms with Crippen LogP contribution in [-0.4, -0.2) is 105 Å². The summed E-state index contributed by atoms with van der Waals surface area (Å²) in [6, 6.07) is 12.9. The fraction of sp³-hybridized carbons (Fsp3) is 0.417. The van der Waals surface area contributed by atoms with Crippen LogP contribution >= 0.6 is 11.8 Å². The molecule has 0 radical (unpaired) electrons. The molecule has 1 N–H and O–H groups in total. The summed E-state index contributed by atoms with van der Waals surface area (Å²) in [7, 11) is 1.57. The number of hydrogen-bond acceptors (Lipinski definition) is 10. The number of phenolic OH excluding ortho intramolecular Hbond substituents is 1. The molecule has 3 atom stereocenters. The lowest BCUT2D eigenvalue weighted by atomic mass is 10.0. The van der Waals surface area contributed by atoms with E-state index in [9.17, 15) is 24.3 Å². The number of rotatable bonds is 8. The number of methoxy groups -OCH3 is 1. The van der Waals surface area contributed by atoms with E-state index >= 15 is 0 Å². The second kappa shape index (κ2) is 14.0. The number of carbonyl (C=O) groups excluding carboxylic acids is 4. The highest BCUT2D eigenvalue weighted by Gasteiger charge is 2.54. The van der Waals surface area contributed by atoms with E-state index in [2.05, 4.69) is 4.99 Å². The lowest BCUT2D eigenvalue weighted by molar-refractivity contribution is -0.151. The first kappa shape index (κ1) is 34.1. The second-order valence-electron chi connectivity index (χ2n) is 13.3. The minimum absolute atomic E-state index is 0.0204. The SMILES string of the molecule is COc1ccc(COC(=O)C2=C(/C=C3\CCN(C4CCN(C(=O)OC(C)(C)C)C4)C3=O)CS[C@@H]3[C@H](N=Cc4ccccc4O)C(=O)N23)cc1. The maximum atomic E-state index is 13.7. The number of likely N-dealkylation sites (tertiary alicyclic amines) is 2. The Balaban J connectivity index is 1.22. The van der Waals surface area contributed by atoms with Crippen LogP contribution in [0.25, 0.3) is 0 Å². The number of phenols is 1. The molecule has 3 fully saturated rings. The topological polar surface area (TPSA) is 138 Å². The van der Waals surface area contributed by atoms with Crippen molar-refractivity contribution in [3.05, 3.63) is 82.6 Å². The van der Waals surface area contributed by atoms with Crippen LogP contribution in [-0.2, 0) is 30.5 Å². The van der Waals surface area contributed by atoms with Gasteiger partial charge in [-0.05, 0) is 75.1 Å². The van der Waals surface area contributed by atoms with Crippen LogP contribution in [0.15, 0.2) is 76.4 Å². The fourth-order valence-corrected chi connectivity index (χ4v) is 7.54. The molecule has 6 rings (SSSR count). The third-order valence-corrected chi connectivity index (χ3v) is 10.1. The van der Waals surface area contributed by atoms with Crippen LogP contribution in [0, 0.1) is 0 Å². The summed E-state index contributed by atoms with van der Waals surface area (Å²) in [6.45, 7) is 6.82. The van der Waals surface area contributed by atoms with Crippen molar-refractivity contribution in [3.8, 4) is 11.5 Å². The Bertz CT molecular complexity index is 1730. The highest BCUT2D eigenvalue weighted by molar-refractivity contribution is 8.00. The molecule has 4 heterocycles. The molecule has 2 aromatic rings. The molecule has 3 amide bonds. The van der Waals surface area contributed by atoms with Crippen molar-refractivity contribution in [1.29, 1.82) is 0 Å². The van der Waals surface area contributed by atoms with Gasteiger partial charge in [0.25, 0.3) is 5.91 Å². The summed E-state index contributed by atoms with van der Waals surface area (Å²) >= 11 is 1.45. The van der Waals surface area contributed by atoms with Crippen molar-refractivity contribution >= 4 is 41.9 Å². The molecule has 13 heteroatoms. The van der Waals surface area contributed by atoms with E-state index in [4.69, 9.17) is 14.2 Å². The molecular formula is C36H40N4O8S. The maximum Gasteiger partial charge on any atom is 0.410 e. The minimum atomic E-state index is -0.748. The highest BCUT2D eigenvalue weighted by Crippen LogP contribution is 2.43. The average Bonchev–Trinajstić information content (AvgIpc) is 3.70. The number of benzene rings is 2. The van der Waals surface area contributed by atoms with Crippen molar-refractivity contribution < 1.29 is 38.5 Å². The number of aliphatic imine (C=N–C) groups is 1. The number of fused-ring (bicyclic) bond motifs is 1. The molecule has 0 spiro atoms. The lowest BCUT2D eigenvalue weighted by Crippen LogP contribution is -2.64. The monoisotopic (exact) mass is 688 g/mol. The summed E-state index contributed by atoms with van der Waals surface area (Å²) in [5.74, 6) is -0.114. The number of para-hydroxylation sites is 1. The molecule has 4 aliphatic rings. The third kappa shape index (κ3) is 7.31. The van der Waals surface area contributed by atoms with E-state index in [1.165, 1.54) is 22.9 Å². The second-order valence-corrected chi connectivity index (χ2v) is 14.4. The molecule has 4 aliphatic heterocycles. The molecule has 49 heavy (non-hydrogen) atoms. The molecule has 0 bridgehead atoms. The molecule has 1 unspecified atom stereocenters. The number of hydrogen-bond donors (Lipinski definition) is 1. The van der Waals surface area contributed by atoms with E-state index < -0.39 is 29.1 Å². The first-order valence-corrected chi connectivity index (χ1v) is 17.3. The van der Waals surface area contributed by atoms with Gasteiger partial charge in [-0.25, -0.2) is 9.59 Å². The average molecular weight is 689 g/mol. The standard InChI is InChI=1S/C36H40N4O8S/c1-36(2,3)48-35(45)38-15-14-26(19-38)39-16-13-23(31(39)42)17-25-21-49-33-29(37-18-24-7-5-6-8-28(24)41)32(43)40(33)30(25)34(44)47-20-22-9-11-27(46-4)12-10-22/h5-12,17-18,26,29,33,41H,13-16,19-21H2,1-4H3/b23-17+,37-18?/t26?,29-,33-/m1/s1. The Hall–Kier alpha value is -4.78. The van der Waals surface area contributed by atoms with Crippen molar-refractivity contribution in [2.24, 2.45) is 4.99 Å². The molecule has 2 aromatic carbocycles. The van der Waals surface area contributed by atoms with Gasteiger partial charge in [0.1, 0.15) is 34.8 Å². The van der Waals surface area contributed by atoms with Crippen molar-refractivity contribution in [3.63, 3.8) is 0 Å². The van der Waals surface area contributed by atoms with Crippen LogP contribution in [0.2, 0.25) is 0 Å². The van der Waals surface area contributed by atoms with Gasteiger partial charge in [0.05, 0.1) is 13.2 Å². The molecule has 258 valence electrons. The smallest absolute Gasteiger partial charge is 0.410 e. The summed E-state index contributed by atoms with van der Waals surface area (Å²) in [4.78, 5) is 62.9. The van der Waals surface area contributed by atoms with E-state index in [0.717, 1.165) is 5.56 Å². The number of aromatic hydroxyl groups is 1. The van der Waals surface area contributed by atoms with Crippen LogP contribution in [0.5, 0.6) is 11.5 Å². The van der Waals surface area contributed by atoms with Gasteiger partial charge in [0.15, 0.2) is 6.04 Å². The van der Waals surface area contributed by atoms with Crippen LogP contribution < -0.4 is 4.74 Å². The fourth-order valence-electron chi connectivity index (χ4n) is 6.24. The summed E-state index contributed by atoms with van der Waals surface area (Å²) in [6.07, 6.45) is 3.91. The Morgan fingerprint density at radius 1 is 1.08 bits per heavy atom. The first-order valence-electron chi connectivity index (χ1n) is 16.2. The Labute approximate surface area is 289 Å². The lowest BCUT2D eigenvalue weighted by Gasteiger charge is -2.47. The Morgan fingerprint density at radius 2 is 1.84 bits per heavy atom. The zero-order chi connectivity index (χ0) is 34.9. The van der Waals surface area contributed by atoms with E-state index in [0.29, 0.717) is 60.7 Å². The van der Waals surface area contributed by atoms with Gasteiger partial charge in [0.2, 0.25) is 5.91 Å². The quantitative estimate of drug-likeness (QED) is 0.187. The number of nitrogens with zero attached hydrogens (tertiary/aromatic N) is 4. The number of β-lactam (4-membered cyclic amide) rings is 1. The van der Waals surface area contributed by atoms with E-state index in [1.54, 1.807) is 71.5 Å². The molecule has 0 aromatic heterocycles. The number of esters is 1. The molecule has 3 saturated heterocycles. The predicted molar refractivity (Wildman–Crippen MR) is 183 cm³/mol. The van der Waals surface area contributed by atoms with Gasteiger partial charge in [-0.2, -0.15) is 0 Å². The molecular weight excluding hydrogens is 648 g/mol. The van der Waals surface area contributed by atoms with Gasteiger partial charge in [-0.3, -0.25) is 19.5 Å². The Morgan fingerprint density at radius 3 is 2.55 bits per heavy atom. The van der Waals surface area contributed by atoms with Crippen molar-refractivity contribution in [2.75, 3.05) is 32.5 Å². The largest absolute Gasteiger partial charge is 0.507 e. The Kier molecular flexibility index (Phi) is 9.73. The number of amides is 3. The van der Waals surface area contributed by atoms with Crippen molar-refractivity contribution in [1.82, 2.24) is 14.7 Å². The van der Waals surface area contributed by atoms with E-state index in [1.807, 2.05) is 20.8 Å². The summed E-state index contributed by atoms with van der Waals surface area (Å²) in [5.41, 5.74) is 1.79. The maximum absolute atomic E-state index is 13.7. The zero-order valence-electron chi connectivity index (χ0n) is 28.0. The molecule has 0 saturated carbocycles. The van der Waals surface area contributed by atoms with Gasteiger partial charge in [-0.1, -0.05) is 24.3 Å². The van der Waals surface area contributed by atoms with Gasteiger partial charge >= 0.3 is 12.1 Å². The van der Waals surface area contributed by atoms with Crippen LogP contribution in [0.3, 0.4) is 0 Å². The van der Waals surface area contributed by atoms with Crippen LogP contribution in [0.1, 0.15) is 44.7 Å². The van der Waals surface area contributed by atoms with Gasteiger partial charge < -0.3 is 29.1 Å². The zero-order valence-corrected chi connectivity index (χ0v) is 28.8. The van der Waals surface area contributed by atoms with Crippen molar-refractivity contribution in [2.45, 2.75) is 63.3 Å². The van der Waals surface area contributed by atoms with Gasteiger partial charge in [0, 0.05) is 42.7 Å². The summed E-state index contributed by atoms with van der Waals surface area (Å²) in [5, 5.41) is 9.69. The highest BCUT2D eigenvalue weighted by atomic mass is 32.2. The summed E-state index contributed by atoms with van der Waals surface area (Å²) < 4.78 is 16.5. The normalized spacial score (nSPS) is 23.3.